The summed E-state index contributed by atoms with van der Waals surface area (Å²) in [4.78, 5) is 15.6. The average molecular weight is 345 g/mol. The van der Waals surface area contributed by atoms with Gasteiger partial charge in [-0.2, -0.15) is 0 Å². The van der Waals surface area contributed by atoms with E-state index in [0.29, 0.717) is 0 Å². The summed E-state index contributed by atoms with van der Waals surface area (Å²) in [5.41, 5.74) is 5.64. The van der Waals surface area contributed by atoms with Crippen LogP contribution in [-0.2, 0) is 0 Å². The van der Waals surface area contributed by atoms with Crippen molar-refractivity contribution in [1.82, 2.24) is 4.98 Å². The first kappa shape index (κ1) is 16.5. The number of ketones is 1. The Labute approximate surface area is 135 Å². The van der Waals surface area contributed by atoms with E-state index in [-0.39, 0.29) is 38.4 Å². The Balaban J connectivity index is 2.69. The summed E-state index contributed by atoms with van der Waals surface area (Å²) in [6, 6.07) is 4.13. The van der Waals surface area contributed by atoms with Crippen LogP contribution in [0, 0.1) is 5.82 Å². The van der Waals surface area contributed by atoms with Crippen LogP contribution in [0.1, 0.15) is 10.5 Å². The molecule has 1 aromatic carbocycles. The largest absolute Gasteiger partial charge is 0.492 e. The summed E-state index contributed by atoms with van der Waals surface area (Å²) < 4.78 is 19.3. The minimum Gasteiger partial charge on any atom is -0.492 e. The Morgan fingerprint density at radius 3 is 2.73 bits per heavy atom. The summed E-state index contributed by atoms with van der Waals surface area (Å²) >= 11 is 11.7. The van der Waals surface area contributed by atoms with E-state index in [1.54, 1.807) is 0 Å². The molecule has 0 aliphatic carbocycles. The summed E-state index contributed by atoms with van der Waals surface area (Å²) in [6.07, 6.45) is 0. The second-order valence-corrected chi connectivity index (χ2v) is 5.07. The highest BCUT2D eigenvalue weighted by molar-refractivity contribution is 6.36. The number of ether oxygens (including phenoxy) is 1. The van der Waals surface area contributed by atoms with E-state index < -0.39 is 18.2 Å². The Bertz CT molecular complexity index is 753. The number of nitrogens with zero attached hydrogens (tertiary/aromatic N) is 1. The summed E-state index contributed by atoms with van der Waals surface area (Å²) in [5.74, 6) is -1.61. The monoisotopic (exact) mass is 344 g/mol. The Morgan fingerprint density at radius 2 is 2.14 bits per heavy atom. The van der Waals surface area contributed by atoms with Crippen molar-refractivity contribution in [3.05, 3.63) is 39.8 Å². The molecule has 0 fully saturated rings. The molecule has 0 amide bonds. The molecule has 116 valence electrons. The van der Waals surface area contributed by atoms with Crippen LogP contribution in [0.5, 0.6) is 5.75 Å². The maximum absolute atomic E-state index is 14.4. The smallest absolute Gasteiger partial charge is 0.208 e. The van der Waals surface area contributed by atoms with Crippen molar-refractivity contribution < 1.29 is 19.0 Å². The van der Waals surface area contributed by atoms with E-state index in [1.165, 1.54) is 25.3 Å². The first-order valence-corrected chi connectivity index (χ1v) is 6.78. The Hall–Kier alpha value is -1.89. The van der Waals surface area contributed by atoms with Crippen LogP contribution in [0.3, 0.4) is 0 Å². The second kappa shape index (κ2) is 6.48. The average Bonchev–Trinajstić information content (AvgIpc) is 2.50. The van der Waals surface area contributed by atoms with E-state index in [1.807, 2.05) is 0 Å². The number of methoxy groups -OCH3 is 1. The lowest BCUT2D eigenvalue weighted by molar-refractivity contribution is 0.0899. The SMILES string of the molecule is COc1c(Cl)ccc(-c2cc(N)c(Cl)c(C(=O)CO)n2)c1F. The van der Waals surface area contributed by atoms with Crippen molar-refractivity contribution in [3.63, 3.8) is 0 Å². The van der Waals surface area contributed by atoms with Gasteiger partial charge in [-0.3, -0.25) is 4.79 Å². The predicted molar refractivity (Wildman–Crippen MR) is 82.0 cm³/mol. The van der Waals surface area contributed by atoms with Crippen LogP contribution >= 0.6 is 23.2 Å². The van der Waals surface area contributed by atoms with Crippen molar-refractivity contribution in [2.75, 3.05) is 19.5 Å². The molecule has 2 aromatic rings. The van der Waals surface area contributed by atoms with Crippen molar-refractivity contribution in [2.24, 2.45) is 0 Å². The zero-order chi connectivity index (χ0) is 16.4. The van der Waals surface area contributed by atoms with E-state index >= 15 is 0 Å². The number of halogens is 3. The van der Waals surface area contributed by atoms with E-state index in [0.717, 1.165) is 0 Å². The number of carbonyl (C=O) groups is 1. The molecule has 22 heavy (non-hydrogen) atoms. The van der Waals surface area contributed by atoms with Crippen LogP contribution in [-0.4, -0.2) is 29.6 Å². The van der Waals surface area contributed by atoms with Gasteiger partial charge in [0.05, 0.1) is 28.5 Å². The fraction of sp³-hybridized carbons (Fsp3) is 0.143. The molecule has 0 aliphatic rings. The molecular formula is C14H11Cl2FN2O3. The predicted octanol–water partition coefficient (Wildman–Crippen LogP) is 2.96. The number of rotatable bonds is 4. The van der Waals surface area contributed by atoms with Crippen LogP contribution in [0.4, 0.5) is 10.1 Å². The number of hydrogen-bond donors (Lipinski definition) is 2. The van der Waals surface area contributed by atoms with Gasteiger partial charge in [0, 0.05) is 5.56 Å². The first-order valence-electron chi connectivity index (χ1n) is 6.03. The maximum atomic E-state index is 14.4. The number of aliphatic hydroxyl groups excluding tert-OH is 1. The number of carbonyl (C=O) groups excluding carboxylic acids is 1. The third-order valence-electron chi connectivity index (χ3n) is 2.92. The van der Waals surface area contributed by atoms with Crippen LogP contribution in [0.15, 0.2) is 18.2 Å². The van der Waals surface area contributed by atoms with Gasteiger partial charge < -0.3 is 15.6 Å². The minimum atomic E-state index is -0.790. The third-order valence-corrected chi connectivity index (χ3v) is 3.62. The molecule has 0 aliphatic heterocycles. The van der Waals surface area contributed by atoms with Gasteiger partial charge in [0.1, 0.15) is 12.3 Å². The molecule has 0 saturated carbocycles. The molecule has 3 N–H and O–H groups in total. The maximum Gasteiger partial charge on any atom is 0.208 e. The van der Waals surface area contributed by atoms with Crippen molar-refractivity contribution >= 4 is 34.7 Å². The normalized spacial score (nSPS) is 10.6. The molecule has 8 heteroatoms. The molecule has 0 radical (unpaired) electrons. The number of aliphatic hydroxyl groups is 1. The molecule has 0 unspecified atom stereocenters. The standard InChI is InChI=1S/C14H11Cl2FN2O3/c1-22-14-7(15)3-2-6(12(14)17)9-4-8(18)11(16)13(19-9)10(21)5-20/h2-4,20H,5H2,1H3,(H2,18,19). The highest BCUT2D eigenvalue weighted by atomic mass is 35.5. The molecule has 0 saturated heterocycles. The lowest BCUT2D eigenvalue weighted by Crippen LogP contribution is -2.10. The zero-order valence-electron chi connectivity index (χ0n) is 11.4. The summed E-state index contributed by atoms with van der Waals surface area (Å²) in [5, 5.41) is 8.94. The fourth-order valence-electron chi connectivity index (χ4n) is 1.86. The molecular weight excluding hydrogens is 334 g/mol. The number of nitrogen functional groups attached to an aromatic ring is 1. The zero-order valence-corrected chi connectivity index (χ0v) is 12.9. The summed E-state index contributed by atoms with van der Waals surface area (Å²) in [6.45, 7) is -0.790. The van der Waals surface area contributed by atoms with Gasteiger partial charge in [-0.05, 0) is 18.2 Å². The van der Waals surface area contributed by atoms with Crippen molar-refractivity contribution in [3.8, 4) is 17.0 Å². The second-order valence-electron chi connectivity index (χ2n) is 4.28. The number of anilines is 1. The molecule has 0 atom stereocenters. The highest BCUT2D eigenvalue weighted by Gasteiger charge is 2.20. The number of hydrogen-bond acceptors (Lipinski definition) is 5. The lowest BCUT2D eigenvalue weighted by Gasteiger charge is -2.11. The highest BCUT2D eigenvalue weighted by Crippen LogP contribution is 2.36. The van der Waals surface area contributed by atoms with Gasteiger partial charge in [-0.1, -0.05) is 23.2 Å². The number of aromatic nitrogens is 1. The Morgan fingerprint density at radius 1 is 1.45 bits per heavy atom. The van der Waals surface area contributed by atoms with Crippen LogP contribution in [0.2, 0.25) is 10.0 Å². The molecule has 1 aromatic heterocycles. The molecule has 0 bridgehead atoms. The van der Waals surface area contributed by atoms with Gasteiger partial charge in [0.15, 0.2) is 11.6 Å². The number of pyridine rings is 1. The summed E-state index contributed by atoms with van der Waals surface area (Å²) in [7, 11) is 1.28. The molecule has 5 nitrogen and oxygen atoms in total. The lowest BCUT2D eigenvalue weighted by atomic mass is 10.1. The fourth-order valence-corrected chi connectivity index (χ4v) is 2.29. The molecule has 2 rings (SSSR count). The van der Waals surface area contributed by atoms with Crippen molar-refractivity contribution in [1.29, 1.82) is 0 Å². The van der Waals surface area contributed by atoms with E-state index in [4.69, 9.17) is 38.8 Å². The van der Waals surface area contributed by atoms with Gasteiger partial charge >= 0.3 is 0 Å². The molecule has 1 heterocycles. The number of nitrogens with two attached hydrogens (primary N) is 1. The van der Waals surface area contributed by atoms with Gasteiger partial charge in [0.2, 0.25) is 5.78 Å². The first-order chi connectivity index (χ1) is 10.4. The third kappa shape index (κ3) is 2.85. The van der Waals surface area contributed by atoms with E-state index in [2.05, 4.69) is 4.98 Å². The minimum absolute atomic E-state index is 0.0385. The topological polar surface area (TPSA) is 85.4 Å². The van der Waals surface area contributed by atoms with Crippen LogP contribution in [0.25, 0.3) is 11.3 Å². The number of Topliss-reactive ketones (excluding diaryl/α,β-unsaturated/α-hetero) is 1. The van der Waals surface area contributed by atoms with Gasteiger partial charge in [0.25, 0.3) is 0 Å². The number of benzene rings is 1. The quantitative estimate of drug-likeness (QED) is 0.832. The van der Waals surface area contributed by atoms with Crippen molar-refractivity contribution in [2.45, 2.75) is 0 Å². The Kier molecular flexibility index (Phi) is 4.85. The van der Waals surface area contributed by atoms with E-state index in [9.17, 15) is 9.18 Å². The van der Waals surface area contributed by atoms with Gasteiger partial charge in [-0.15, -0.1) is 0 Å². The van der Waals surface area contributed by atoms with Crippen LogP contribution < -0.4 is 10.5 Å². The molecule has 0 spiro atoms. The van der Waals surface area contributed by atoms with Gasteiger partial charge in [-0.25, -0.2) is 9.37 Å².